The smallest absolute Gasteiger partial charge is 0.259 e. The van der Waals surface area contributed by atoms with E-state index >= 15 is 0 Å². The van der Waals surface area contributed by atoms with Crippen molar-refractivity contribution in [2.75, 3.05) is 5.32 Å². The number of hydrogen-bond donors (Lipinski definition) is 2. The number of halogens is 3. The molecular weight excluding hydrogens is 271 g/mol. The number of aryl methyl sites for hydroxylation is 1. The van der Waals surface area contributed by atoms with Crippen molar-refractivity contribution in [1.29, 1.82) is 0 Å². The number of nitrogens with one attached hydrogen (secondary N) is 1. The molecule has 0 unspecified atom stereocenters. The Kier molecular flexibility index (Phi) is 3.65. The summed E-state index contributed by atoms with van der Waals surface area (Å²) in [6.45, 7) is 1.60. The molecule has 0 aliphatic carbocycles. The fraction of sp³-hybridized carbons (Fsp3) is 0.0714. The lowest BCUT2D eigenvalue weighted by Gasteiger charge is -2.09. The minimum absolute atomic E-state index is 0.0462. The van der Waals surface area contributed by atoms with Gasteiger partial charge in [-0.1, -0.05) is 12.1 Å². The van der Waals surface area contributed by atoms with E-state index in [-0.39, 0.29) is 17.0 Å². The lowest BCUT2D eigenvalue weighted by Crippen LogP contribution is -2.13. The van der Waals surface area contributed by atoms with E-state index in [1.54, 1.807) is 19.1 Å². The molecule has 20 heavy (non-hydrogen) atoms. The predicted octanol–water partition coefficient (Wildman–Crippen LogP) is 3.37. The maximum atomic E-state index is 13.0. The second kappa shape index (κ2) is 5.24. The highest BCUT2D eigenvalue weighted by Gasteiger charge is 2.15. The van der Waals surface area contributed by atoms with Gasteiger partial charge in [0.25, 0.3) is 5.91 Å². The molecule has 0 bridgehead atoms. The van der Waals surface area contributed by atoms with Gasteiger partial charge < -0.3 is 10.4 Å². The summed E-state index contributed by atoms with van der Waals surface area (Å²) in [6.07, 6.45) is 0. The molecule has 2 aromatic carbocycles. The number of para-hydroxylation sites is 1. The molecule has 2 rings (SSSR count). The Labute approximate surface area is 112 Å². The first-order valence-electron chi connectivity index (χ1n) is 5.64. The van der Waals surface area contributed by atoms with Gasteiger partial charge >= 0.3 is 0 Å². The van der Waals surface area contributed by atoms with Gasteiger partial charge in [-0.05, 0) is 18.6 Å². The van der Waals surface area contributed by atoms with Crippen molar-refractivity contribution in [3.63, 3.8) is 0 Å². The number of carbonyl (C=O) groups excluding carboxylic acids is 1. The van der Waals surface area contributed by atoms with E-state index in [0.717, 1.165) is 0 Å². The van der Waals surface area contributed by atoms with Crippen LogP contribution in [0.5, 0.6) is 5.75 Å². The number of amides is 1. The fourth-order valence-corrected chi connectivity index (χ4v) is 1.67. The third-order valence-electron chi connectivity index (χ3n) is 2.72. The molecule has 0 fully saturated rings. The molecule has 0 aromatic heterocycles. The molecule has 0 aliphatic heterocycles. The van der Waals surface area contributed by atoms with Gasteiger partial charge in [-0.15, -0.1) is 0 Å². The van der Waals surface area contributed by atoms with Crippen LogP contribution in [0.4, 0.5) is 18.9 Å². The summed E-state index contributed by atoms with van der Waals surface area (Å²) in [5.74, 6) is -5.41. The topological polar surface area (TPSA) is 49.3 Å². The zero-order valence-electron chi connectivity index (χ0n) is 10.4. The van der Waals surface area contributed by atoms with Gasteiger partial charge in [-0.3, -0.25) is 4.79 Å². The second-order valence-electron chi connectivity index (χ2n) is 4.18. The lowest BCUT2D eigenvalue weighted by atomic mass is 10.1. The number of aromatic hydroxyl groups is 1. The average Bonchev–Trinajstić information content (AvgIpc) is 2.39. The monoisotopic (exact) mass is 281 g/mol. The van der Waals surface area contributed by atoms with E-state index in [0.29, 0.717) is 17.7 Å². The molecule has 0 aliphatic rings. The zero-order valence-corrected chi connectivity index (χ0v) is 10.4. The molecule has 6 heteroatoms. The molecule has 0 saturated heterocycles. The van der Waals surface area contributed by atoms with Gasteiger partial charge in [-0.25, -0.2) is 13.2 Å². The Bertz CT molecular complexity index is 663. The number of anilines is 1. The number of carbonyl (C=O) groups is 1. The summed E-state index contributed by atoms with van der Waals surface area (Å²) in [4.78, 5) is 11.9. The van der Waals surface area contributed by atoms with E-state index in [9.17, 15) is 23.1 Å². The first-order valence-corrected chi connectivity index (χ1v) is 5.64. The van der Waals surface area contributed by atoms with Crippen LogP contribution >= 0.6 is 0 Å². The van der Waals surface area contributed by atoms with Crippen molar-refractivity contribution in [2.24, 2.45) is 0 Å². The summed E-state index contributed by atoms with van der Waals surface area (Å²) in [6, 6.07) is 5.82. The van der Waals surface area contributed by atoms with Gasteiger partial charge in [0.05, 0.1) is 5.56 Å². The SMILES string of the molecule is Cc1cccc(C(=O)Nc2cc(F)c(F)c(F)c2)c1O. The van der Waals surface area contributed by atoms with Gasteiger partial charge in [0, 0.05) is 17.8 Å². The quantitative estimate of drug-likeness (QED) is 0.829. The highest BCUT2D eigenvalue weighted by Crippen LogP contribution is 2.23. The molecule has 104 valence electrons. The van der Waals surface area contributed by atoms with Crippen molar-refractivity contribution in [2.45, 2.75) is 6.92 Å². The second-order valence-corrected chi connectivity index (χ2v) is 4.18. The molecule has 3 nitrogen and oxygen atoms in total. The number of benzene rings is 2. The third-order valence-corrected chi connectivity index (χ3v) is 2.72. The standard InChI is InChI=1S/C14H10F3NO2/c1-7-3-2-4-9(13(7)19)14(20)18-8-5-10(15)12(17)11(16)6-8/h2-6,19H,1H3,(H,18,20). The molecule has 0 spiro atoms. The van der Waals surface area contributed by atoms with Gasteiger partial charge in [0.1, 0.15) is 5.75 Å². The summed E-state index contributed by atoms with van der Waals surface area (Å²) in [7, 11) is 0. The molecular formula is C14H10F3NO2. The van der Waals surface area contributed by atoms with Crippen LogP contribution in [-0.4, -0.2) is 11.0 Å². The van der Waals surface area contributed by atoms with E-state index in [1.807, 2.05) is 0 Å². The Morgan fingerprint density at radius 1 is 1.15 bits per heavy atom. The lowest BCUT2D eigenvalue weighted by molar-refractivity contribution is 0.102. The average molecular weight is 281 g/mol. The van der Waals surface area contributed by atoms with Crippen molar-refractivity contribution in [3.05, 3.63) is 58.9 Å². The summed E-state index contributed by atoms with van der Waals surface area (Å²) >= 11 is 0. The molecule has 2 aromatic rings. The number of hydrogen-bond acceptors (Lipinski definition) is 2. The molecule has 0 radical (unpaired) electrons. The highest BCUT2D eigenvalue weighted by atomic mass is 19.2. The number of phenolic OH excluding ortho intramolecular Hbond substituents is 1. The Morgan fingerprint density at radius 3 is 2.35 bits per heavy atom. The van der Waals surface area contributed by atoms with Crippen LogP contribution in [-0.2, 0) is 0 Å². The van der Waals surface area contributed by atoms with Crippen molar-refractivity contribution < 1.29 is 23.1 Å². The summed E-state index contributed by atoms with van der Waals surface area (Å²) in [5.41, 5.74) is 0.191. The number of rotatable bonds is 2. The molecule has 0 heterocycles. The van der Waals surface area contributed by atoms with Crippen LogP contribution in [0, 0.1) is 24.4 Å². The maximum Gasteiger partial charge on any atom is 0.259 e. The molecule has 1 amide bonds. The third kappa shape index (κ3) is 2.59. The molecule has 2 N–H and O–H groups in total. The van der Waals surface area contributed by atoms with E-state index < -0.39 is 23.4 Å². The number of phenols is 1. The van der Waals surface area contributed by atoms with Gasteiger partial charge in [0.2, 0.25) is 0 Å². The van der Waals surface area contributed by atoms with Crippen LogP contribution < -0.4 is 5.32 Å². The highest BCUT2D eigenvalue weighted by molar-refractivity contribution is 6.06. The molecule has 0 atom stereocenters. The van der Waals surface area contributed by atoms with Crippen molar-refractivity contribution >= 4 is 11.6 Å². The van der Waals surface area contributed by atoms with E-state index in [4.69, 9.17) is 0 Å². The van der Waals surface area contributed by atoms with Gasteiger partial charge in [-0.2, -0.15) is 0 Å². The Hall–Kier alpha value is -2.50. The van der Waals surface area contributed by atoms with E-state index in [2.05, 4.69) is 5.32 Å². The van der Waals surface area contributed by atoms with Gasteiger partial charge in [0.15, 0.2) is 17.5 Å². The zero-order chi connectivity index (χ0) is 14.9. The predicted molar refractivity (Wildman–Crippen MR) is 67.1 cm³/mol. The summed E-state index contributed by atoms with van der Waals surface area (Å²) < 4.78 is 38.8. The van der Waals surface area contributed by atoms with E-state index in [1.165, 1.54) is 6.07 Å². The van der Waals surface area contributed by atoms with Crippen LogP contribution in [0.15, 0.2) is 30.3 Å². The minimum Gasteiger partial charge on any atom is -0.507 e. The van der Waals surface area contributed by atoms with Crippen LogP contribution in [0.25, 0.3) is 0 Å². The maximum absolute atomic E-state index is 13.0. The van der Waals surface area contributed by atoms with Crippen molar-refractivity contribution in [1.82, 2.24) is 0 Å². The Morgan fingerprint density at radius 2 is 1.75 bits per heavy atom. The van der Waals surface area contributed by atoms with Crippen LogP contribution in [0.1, 0.15) is 15.9 Å². The Balaban J connectivity index is 2.30. The largest absolute Gasteiger partial charge is 0.507 e. The molecule has 0 saturated carbocycles. The first-order chi connectivity index (χ1) is 9.40. The van der Waals surface area contributed by atoms with Crippen molar-refractivity contribution in [3.8, 4) is 5.75 Å². The normalized spacial score (nSPS) is 10.4. The van der Waals surface area contributed by atoms with Crippen LogP contribution in [0.2, 0.25) is 0 Å². The first kappa shape index (κ1) is 13.9. The summed E-state index contributed by atoms with van der Waals surface area (Å²) in [5, 5.41) is 11.9. The fourth-order valence-electron chi connectivity index (χ4n) is 1.67. The van der Waals surface area contributed by atoms with Crippen LogP contribution in [0.3, 0.4) is 0 Å². The minimum atomic E-state index is -1.61.